The minimum absolute atomic E-state index is 0.00516. The zero-order valence-corrected chi connectivity index (χ0v) is 11.8. The van der Waals surface area contributed by atoms with E-state index >= 15 is 0 Å². The van der Waals surface area contributed by atoms with Crippen molar-refractivity contribution in [2.75, 3.05) is 0 Å². The molecule has 0 saturated carbocycles. The van der Waals surface area contributed by atoms with Crippen molar-refractivity contribution in [2.45, 2.75) is 39.5 Å². The van der Waals surface area contributed by atoms with Crippen molar-refractivity contribution in [3.05, 3.63) is 51.5 Å². The lowest BCUT2D eigenvalue weighted by Gasteiger charge is -2.22. The number of thiazole rings is 1. The Morgan fingerprint density at radius 2 is 1.82 bits per heavy atom. The molecule has 2 heteroatoms. The lowest BCUT2D eigenvalue weighted by Crippen LogP contribution is -2.18. The lowest BCUT2D eigenvalue weighted by atomic mass is 9.85. The maximum atomic E-state index is 4.62. The van der Waals surface area contributed by atoms with Gasteiger partial charge >= 0.3 is 0 Å². The van der Waals surface area contributed by atoms with Crippen LogP contribution in [0, 0.1) is 6.92 Å². The predicted octanol–water partition coefficient (Wildman–Crippen LogP) is 4.34. The molecule has 0 bridgehead atoms. The first-order valence-electron chi connectivity index (χ1n) is 6.06. The molecule has 0 aliphatic rings. The standard InChI is InChI=1S/C15H19NS/c1-5-12-6-8-13(9-7-12)15(3,4)14-16-11(2)10-17-14/h6-10H,5H2,1-4H3. The van der Waals surface area contributed by atoms with Crippen molar-refractivity contribution in [1.82, 2.24) is 4.98 Å². The van der Waals surface area contributed by atoms with E-state index in [1.807, 2.05) is 0 Å². The Hall–Kier alpha value is -1.15. The van der Waals surface area contributed by atoms with Crippen LogP contribution in [0.15, 0.2) is 29.6 Å². The summed E-state index contributed by atoms with van der Waals surface area (Å²) in [5.41, 5.74) is 3.85. The molecule has 1 nitrogen and oxygen atoms in total. The average Bonchev–Trinajstić information content (AvgIpc) is 2.77. The van der Waals surface area contributed by atoms with E-state index < -0.39 is 0 Å². The minimum Gasteiger partial charge on any atom is -0.246 e. The zero-order chi connectivity index (χ0) is 12.5. The summed E-state index contributed by atoms with van der Waals surface area (Å²) in [7, 11) is 0. The van der Waals surface area contributed by atoms with E-state index in [1.165, 1.54) is 16.1 Å². The fourth-order valence-corrected chi connectivity index (χ4v) is 2.87. The summed E-state index contributed by atoms with van der Waals surface area (Å²) < 4.78 is 0. The van der Waals surface area contributed by atoms with Crippen LogP contribution in [0.2, 0.25) is 0 Å². The quantitative estimate of drug-likeness (QED) is 0.784. The van der Waals surface area contributed by atoms with Crippen molar-refractivity contribution < 1.29 is 0 Å². The molecule has 0 fully saturated rings. The van der Waals surface area contributed by atoms with Gasteiger partial charge < -0.3 is 0 Å². The Morgan fingerprint density at radius 1 is 1.18 bits per heavy atom. The average molecular weight is 245 g/mol. The highest BCUT2D eigenvalue weighted by molar-refractivity contribution is 7.09. The molecular formula is C15H19NS. The van der Waals surface area contributed by atoms with Gasteiger partial charge in [0, 0.05) is 16.5 Å². The Labute approximate surface area is 108 Å². The molecular weight excluding hydrogens is 226 g/mol. The molecule has 0 N–H and O–H groups in total. The number of hydrogen-bond donors (Lipinski definition) is 0. The Balaban J connectivity index is 2.36. The summed E-state index contributed by atoms with van der Waals surface area (Å²) in [6.45, 7) is 8.72. The van der Waals surface area contributed by atoms with E-state index in [-0.39, 0.29) is 5.41 Å². The summed E-state index contributed by atoms with van der Waals surface area (Å²) in [4.78, 5) is 4.62. The number of aryl methyl sites for hydroxylation is 2. The molecule has 0 spiro atoms. The zero-order valence-electron chi connectivity index (χ0n) is 10.9. The van der Waals surface area contributed by atoms with Gasteiger partial charge in [-0.2, -0.15) is 0 Å². The van der Waals surface area contributed by atoms with Crippen LogP contribution in [0.5, 0.6) is 0 Å². The molecule has 0 saturated heterocycles. The summed E-state index contributed by atoms with van der Waals surface area (Å²) in [5, 5.41) is 3.32. The number of hydrogen-bond acceptors (Lipinski definition) is 2. The summed E-state index contributed by atoms with van der Waals surface area (Å²) in [6.07, 6.45) is 1.09. The first-order chi connectivity index (χ1) is 8.04. The molecule has 90 valence electrons. The number of aromatic nitrogens is 1. The molecule has 0 aliphatic carbocycles. The van der Waals surface area contributed by atoms with Gasteiger partial charge in [0.15, 0.2) is 0 Å². The first kappa shape index (κ1) is 12.3. The number of benzene rings is 1. The van der Waals surface area contributed by atoms with Crippen LogP contribution >= 0.6 is 11.3 Å². The maximum absolute atomic E-state index is 4.62. The van der Waals surface area contributed by atoms with Crippen molar-refractivity contribution in [1.29, 1.82) is 0 Å². The van der Waals surface area contributed by atoms with Gasteiger partial charge in [-0.15, -0.1) is 11.3 Å². The highest BCUT2D eigenvalue weighted by Crippen LogP contribution is 2.33. The van der Waals surface area contributed by atoms with Gasteiger partial charge in [-0.05, 0) is 38.3 Å². The van der Waals surface area contributed by atoms with E-state index in [9.17, 15) is 0 Å². The lowest BCUT2D eigenvalue weighted by molar-refractivity contribution is 0.633. The predicted molar refractivity (Wildman–Crippen MR) is 74.8 cm³/mol. The van der Waals surface area contributed by atoms with E-state index in [2.05, 4.69) is 62.3 Å². The molecule has 2 aromatic rings. The van der Waals surface area contributed by atoms with Crippen LogP contribution in [-0.2, 0) is 11.8 Å². The Morgan fingerprint density at radius 3 is 2.29 bits per heavy atom. The van der Waals surface area contributed by atoms with Gasteiger partial charge in [-0.3, -0.25) is 0 Å². The smallest absolute Gasteiger partial charge is 0.103 e. The van der Waals surface area contributed by atoms with Crippen molar-refractivity contribution in [2.24, 2.45) is 0 Å². The first-order valence-corrected chi connectivity index (χ1v) is 6.94. The Kier molecular flexibility index (Phi) is 3.34. The molecule has 2 rings (SSSR count). The van der Waals surface area contributed by atoms with Crippen LogP contribution in [0.3, 0.4) is 0 Å². The number of nitrogens with zero attached hydrogens (tertiary/aromatic N) is 1. The fourth-order valence-electron chi connectivity index (χ4n) is 1.92. The van der Waals surface area contributed by atoms with Crippen LogP contribution in [-0.4, -0.2) is 4.98 Å². The number of rotatable bonds is 3. The monoisotopic (exact) mass is 245 g/mol. The van der Waals surface area contributed by atoms with Crippen LogP contribution < -0.4 is 0 Å². The molecule has 0 radical (unpaired) electrons. The highest BCUT2D eigenvalue weighted by Gasteiger charge is 2.26. The largest absolute Gasteiger partial charge is 0.246 e. The molecule has 0 unspecified atom stereocenters. The third-order valence-corrected chi connectivity index (χ3v) is 4.52. The second-order valence-electron chi connectivity index (χ2n) is 4.97. The molecule has 17 heavy (non-hydrogen) atoms. The summed E-state index contributed by atoms with van der Waals surface area (Å²) >= 11 is 1.75. The molecule has 0 atom stereocenters. The molecule has 0 aliphatic heterocycles. The van der Waals surface area contributed by atoms with Gasteiger partial charge in [0.1, 0.15) is 5.01 Å². The van der Waals surface area contributed by atoms with Crippen molar-refractivity contribution in [3.63, 3.8) is 0 Å². The second kappa shape index (κ2) is 4.61. The second-order valence-corrected chi connectivity index (χ2v) is 5.83. The molecule has 0 amide bonds. The Bertz CT molecular complexity index is 494. The van der Waals surface area contributed by atoms with E-state index in [0.717, 1.165) is 12.1 Å². The van der Waals surface area contributed by atoms with Crippen LogP contribution in [0.4, 0.5) is 0 Å². The summed E-state index contributed by atoms with van der Waals surface area (Å²) in [5.74, 6) is 0. The van der Waals surface area contributed by atoms with Crippen molar-refractivity contribution in [3.8, 4) is 0 Å². The van der Waals surface area contributed by atoms with E-state index in [4.69, 9.17) is 0 Å². The van der Waals surface area contributed by atoms with Gasteiger partial charge in [0.2, 0.25) is 0 Å². The third-order valence-electron chi connectivity index (χ3n) is 3.24. The molecule has 1 heterocycles. The highest BCUT2D eigenvalue weighted by atomic mass is 32.1. The SMILES string of the molecule is CCc1ccc(C(C)(C)c2nc(C)cs2)cc1. The van der Waals surface area contributed by atoms with E-state index in [0.29, 0.717) is 0 Å². The van der Waals surface area contributed by atoms with Gasteiger partial charge in [-0.25, -0.2) is 4.98 Å². The maximum Gasteiger partial charge on any atom is 0.103 e. The normalized spacial score (nSPS) is 11.8. The minimum atomic E-state index is 0.00516. The van der Waals surface area contributed by atoms with Crippen molar-refractivity contribution >= 4 is 11.3 Å². The van der Waals surface area contributed by atoms with Gasteiger partial charge in [0.05, 0.1) is 0 Å². The summed E-state index contributed by atoms with van der Waals surface area (Å²) in [6, 6.07) is 8.90. The fraction of sp³-hybridized carbons (Fsp3) is 0.400. The topological polar surface area (TPSA) is 12.9 Å². The van der Waals surface area contributed by atoms with Gasteiger partial charge in [0.25, 0.3) is 0 Å². The van der Waals surface area contributed by atoms with Crippen LogP contribution in [0.1, 0.15) is 42.6 Å². The third kappa shape index (κ3) is 2.42. The molecule has 1 aromatic carbocycles. The van der Waals surface area contributed by atoms with E-state index in [1.54, 1.807) is 11.3 Å². The van der Waals surface area contributed by atoms with Gasteiger partial charge in [-0.1, -0.05) is 31.2 Å². The molecule has 1 aromatic heterocycles. The van der Waals surface area contributed by atoms with Crippen LogP contribution in [0.25, 0.3) is 0 Å².